The van der Waals surface area contributed by atoms with Gasteiger partial charge in [0.1, 0.15) is 17.9 Å². The van der Waals surface area contributed by atoms with Gasteiger partial charge in [0.25, 0.3) is 0 Å². The average molecular weight is 629 g/mol. The topological polar surface area (TPSA) is 120 Å². The second-order valence-electron chi connectivity index (χ2n) is 12.8. The molecule has 4 aliphatic rings. The minimum Gasteiger partial charge on any atom is -0.451 e. The van der Waals surface area contributed by atoms with Gasteiger partial charge in [0.05, 0.1) is 29.9 Å². The fourth-order valence-electron chi connectivity index (χ4n) is 8.98. The number of pyridine rings is 1. The Balaban J connectivity index is 1.26. The highest BCUT2D eigenvalue weighted by atomic mass is 32.2. The Labute approximate surface area is 255 Å². The molecule has 0 unspecified atom stereocenters. The van der Waals surface area contributed by atoms with Crippen molar-refractivity contribution in [2.75, 3.05) is 6.01 Å². The molecule has 3 fully saturated rings. The summed E-state index contributed by atoms with van der Waals surface area (Å²) in [5, 5.41) is 15.7. The fourth-order valence-corrected chi connectivity index (χ4v) is 9.69. The van der Waals surface area contributed by atoms with Crippen molar-refractivity contribution in [3.63, 3.8) is 0 Å². The first-order valence-electron chi connectivity index (χ1n) is 14.6. The summed E-state index contributed by atoms with van der Waals surface area (Å²) in [5.41, 5.74) is -3.28. The highest BCUT2D eigenvalue weighted by Crippen LogP contribution is 2.71. The van der Waals surface area contributed by atoms with Crippen molar-refractivity contribution in [3.8, 4) is 5.69 Å². The van der Waals surface area contributed by atoms with Gasteiger partial charge < -0.3 is 14.3 Å². The summed E-state index contributed by atoms with van der Waals surface area (Å²) in [6.07, 6.45) is 7.12. The van der Waals surface area contributed by atoms with Gasteiger partial charge in [-0.3, -0.25) is 4.79 Å². The molecule has 3 aromatic rings. The third-order valence-electron chi connectivity index (χ3n) is 11.1. The second-order valence-corrected chi connectivity index (χ2v) is 13.7. The van der Waals surface area contributed by atoms with Crippen LogP contribution in [0.4, 0.5) is 13.2 Å². The summed E-state index contributed by atoms with van der Waals surface area (Å²) >= 11 is 0.416. The van der Waals surface area contributed by atoms with Crippen molar-refractivity contribution in [2.24, 2.45) is 22.7 Å². The Hall–Kier alpha value is -3.45. The van der Waals surface area contributed by atoms with Crippen LogP contribution >= 0.6 is 11.8 Å². The number of alkyl halides is 2. The van der Waals surface area contributed by atoms with E-state index in [4.69, 9.17) is 9.15 Å². The molecule has 0 amide bonds. The summed E-state index contributed by atoms with van der Waals surface area (Å²) in [6.45, 7) is 3.60. The smallest absolute Gasteiger partial charge is 0.361 e. The Morgan fingerprint density at radius 1 is 1.20 bits per heavy atom. The lowest BCUT2D eigenvalue weighted by atomic mass is 9.44. The molecule has 3 aromatic heterocycles. The average Bonchev–Trinajstić information content (AvgIpc) is 3.73. The molecule has 0 saturated heterocycles. The molecular weight excluding hydrogens is 597 g/mol. The second kappa shape index (κ2) is 10.0. The number of carbonyl (C=O) groups is 2. The highest BCUT2D eigenvalue weighted by Gasteiger charge is 2.76. The van der Waals surface area contributed by atoms with E-state index in [0.29, 0.717) is 36.7 Å². The van der Waals surface area contributed by atoms with Gasteiger partial charge in [0, 0.05) is 16.7 Å². The van der Waals surface area contributed by atoms with Crippen LogP contribution in [0.1, 0.15) is 67.7 Å². The summed E-state index contributed by atoms with van der Waals surface area (Å²) in [6, 6.07) is 1.81. The molecule has 3 saturated carbocycles. The third kappa shape index (κ3) is 3.80. The molecule has 0 spiro atoms. The van der Waals surface area contributed by atoms with Gasteiger partial charge in [0.15, 0.2) is 17.7 Å². The van der Waals surface area contributed by atoms with Crippen molar-refractivity contribution in [2.45, 2.75) is 69.7 Å². The van der Waals surface area contributed by atoms with Crippen LogP contribution in [0.2, 0.25) is 0 Å². The maximum Gasteiger partial charge on any atom is 0.361 e. The lowest BCUT2D eigenvalue weighted by Gasteiger charge is -2.63. The first-order valence-corrected chi connectivity index (χ1v) is 15.6. The molecule has 44 heavy (non-hydrogen) atoms. The minimum absolute atomic E-state index is 0.0743. The number of halogens is 3. The van der Waals surface area contributed by atoms with E-state index in [1.807, 2.05) is 13.0 Å². The molecule has 0 bridgehead atoms. The molecule has 232 valence electrons. The van der Waals surface area contributed by atoms with Gasteiger partial charge >= 0.3 is 5.97 Å². The Morgan fingerprint density at radius 3 is 2.73 bits per heavy atom. The number of fused-ring (bicyclic) bond motifs is 6. The molecule has 13 heteroatoms. The van der Waals surface area contributed by atoms with E-state index in [1.54, 1.807) is 23.9 Å². The zero-order chi connectivity index (χ0) is 31.1. The van der Waals surface area contributed by atoms with E-state index in [-0.39, 0.29) is 25.0 Å². The Morgan fingerprint density at radius 2 is 2.02 bits per heavy atom. The van der Waals surface area contributed by atoms with Crippen molar-refractivity contribution in [1.82, 2.24) is 19.7 Å². The van der Waals surface area contributed by atoms with Crippen LogP contribution in [0, 0.1) is 28.6 Å². The SMILES string of the molecule is C[C@]12Cc3cnn(-c4ccc(F)nc4)c3C=C1CC[C@H]1[C@@H]3CC[C@](OC(=O)c4cocn4)(C(=O)SCF)[C@@]3(C)C[C@H](O)[C@@]12F. The van der Waals surface area contributed by atoms with Crippen LogP contribution in [-0.4, -0.2) is 59.3 Å². The molecule has 1 N–H and O–H groups in total. The maximum absolute atomic E-state index is 18.0. The van der Waals surface area contributed by atoms with Crippen LogP contribution in [0.15, 0.2) is 47.2 Å². The molecule has 4 aliphatic carbocycles. The number of oxazole rings is 1. The summed E-state index contributed by atoms with van der Waals surface area (Å²) in [4.78, 5) is 34.3. The first-order chi connectivity index (χ1) is 21.0. The summed E-state index contributed by atoms with van der Waals surface area (Å²) in [7, 11) is 0. The van der Waals surface area contributed by atoms with E-state index >= 15 is 4.39 Å². The van der Waals surface area contributed by atoms with Gasteiger partial charge in [-0.15, -0.1) is 0 Å². The normalized spacial score (nSPS) is 35.6. The highest BCUT2D eigenvalue weighted by molar-refractivity contribution is 8.13. The number of rotatable bonds is 5. The standard InChI is InChI=1S/C31H31F3N4O5S/c1-28-10-17-12-37-38(19-4-6-25(33)35-13-19)23(17)9-18(28)3-5-21-20-7-8-30(27(41)44-15-32,43-26(40)22-14-42-16-36-22)29(20,2)11-24(39)31(21,28)34/h4,6,9,12-14,16,20-21,24,39H,3,5,7-8,10-11,15H2,1-2H3/t20-,21-,24-,28-,29-,30-,31-/m0/s1. The third-order valence-corrected chi connectivity index (χ3v) is 11.8. The maximum atomic E-state index is 18.0. The molecule has 7 atom stereocenters. The zero-order valence-corrected chi connectivity index (χ0v) is 25.0. The van der Waals surface area contributed by atoms with E-state index in [1.165, 1.54) is 12.3 Å². The van der Waals surface area contributed by atoms with E-state index in [0.717, 1.165) is 29.5 Å². The minimum atomic E-state index is -2.07. The van der Waals surface area contributed by atoms with Gasteiger partial charge in [0.2, 0.25) is 11.1 Å². The molecule has 0 radical (unpaired) electrons. The number of aromatic nitrogens is 4. The quantitative estimate of drug-likeness (QED) is 0.292. The molecule has 3 heterocycles. The number of allylic oxidation sites excluding steroid dienone is 1. The summed E-state index contributed by atoms with van der Waals surface area (Å²) in [5.74, 6) is -2.59. The van der Waals surface area contributed by atoms with Crippen molar-refractivity contribution >= 4 is 28.9 Å². The zero-order valence-electron chi connectivity index (χ0n) is 24.1. The monoisotopic (exact) mass is 628 g/mol. The van der Waals surface area contributed by atoms with Crippen molar-refractivity contribution in [1.29, 1.82) is 0 Å². The first kappa shape index (κ1) is 29.3. The molecular formula is C31H31F3N4O5S. The summed E-state index contributed by atoms with van der Waals surface area (Å²) < 4.78 is 57.6. The van der Waals surface area contributed by atoms with Gasteiger partial charge in [-0.25, -0.2) is 28.2 Å². The van der Waals surface area contributed by atoms with Gasteiger partial charge in [-0.1, -0.05) is 19.4 Å². The van der Waals surface area contributed by atoms with Gasteiger partial charge in [-0.05, 0) is 80.0 Å². The number of hydrogen-bond donors (Lipinski definition) is 1. The van der Waals surface area contributed by atoms with Crippen LogP contribution in [-0.2, 0) is 16.0 Å². The van der Waals surface area contributed by atoms with Crippen molar-refractivity contribution < 1.29 is 37.0 Å². The molecule has 7 rings (SSSR count). The molecule has 0 aromatic carbocycles. The Kier molecular flexibility index (Phi) is 6.67. The molecule has 9 nitrogen and oxygen atoms in total. The number of aliphatic hydroxyl groups is 1. The number of thioether (sulfide) groups is 1. The van der Waals surface area contributed by atoms with Crippen molar-refractivity contribution in [3.05, 3.63) is 65.7 Å². The van der Waals surface area contributed by atoms with Crippen LogP contribution in [0.5, 0.6) is 0 Å². The number of hydrogen-bond acceptors (Lipinski definition) is 9. The van der Waals surface area contributed by atoms with Crippen LogP contribution in [0.25, 0.3) is 11.8 Å². The number of carbonyl (C=O) groups excluding carboxylic acids is 2. The number of aliphatic hydroxyl groups excluding tert-OH is 1. The van der Waals surface area contributed by atoms with Gasteiger partial charge in [-0.2, -0.15) is 9.49 Å². The number of nitrogens with zero attached hydrogens (tertiary/aromatic N) is 4. The number of esters is 1. The predicted octanol–water partition coefficient (Wildman–Crippen LogP) is 5.42. The predicted molar refractivity (Wildman–Crippen MR) is 152 cm³/mol. The molecule has 0 aliphatic heterocycles. The van der Waals surface area contributed by atoms with E-state index in [2.05, 4.69) is 15.1 Å². The lowest BCUT2D eigenvalue weighted by molar-refractivity contribution is -0.222. The number of ether oxygens (including phenoxy) is 1. The van der Waals surface area contributed by atoms with Crippen LogP contribution in [0.3, 0.4) is 0 Å². The lowest BCUT2D eigenvalue weighted by Crippen LogP contribution is -2.70. The fraction of sp³-hybridized carbons (Fsp3) is 0.516. The Bertz CT molecular complexity index is 1660. The van der Waals surface area contributed by atoms with E-state index in [9.17, 15) is 23.5 Å². The largest absolute Gasteiger partial charge is 0.451 e. The van der Waals surface area contributed by atoms with E-state index < -0.39 is 63.1 Å². The van der Waals surface area contributed by atoms with Crippen LogP contribution < -0.4 is 0 Å².